The molecule has 0 saturated carbocycles. The second kappa shape index (κ2) is 6.66. The SMILES string of the molecule is CC(C)N1CCN(C2=[C]NCC(OC3CCOC3)=N2)CC1. The van der Waals surface area contributed by atoms with Gasteiger partial charge in [-0.25, -0.2) is 0 Å². The topological polar surface area (TPSA) is 49.3 Å². The minimum atomic E-state index is 0.155. The van der Waals surface area contributed by atoms with Crippen molar-refractivity contribution in [2.75, 3.05) is 45.9 Å². The van der Waals surface area contributed by atoms with Crippen molar-refractivity contribution in [2.45, 2.75) is 32.4 Å². The van der Waals surface area contributed by atoms with E-state index in [1.165, 1.54) is 0 Å². The van der Waals surface area contributed by atoms with Crippen LogP contribution >= 0.6 is 0 Å². The van der Waals surface area contributed by atoms with Gasteiger partial charge in [-0.15, -0.1) is 0 Å². The van der Waals surface area contributed by atoms with Crippen molar-refractivity contribution >= 4 is 5.90 Å². The highest BCUT2D eigenvalue weighted by Gasteiger charge is 2.24. The lowest BCUT2D eigenvalue weighted by Gasteiger charge is -2.38. The average molecular weight is 293 g/mol. The largest absolute Gasteiger partial charge is 0.474 e. The maximum Gasteiger partial charge on any atom is 0.210 e. The quantitative estimate of drug-likeness (QED) is 0.817. The van der Waals surface area contributed by atoms with E-state index >= 15 is 0 Å². The fourth-order valence-electron chi connectivity index (χ4n) is 2.85. The molecule has 6 nitrogen and oxygen atoms in total. The second-order valence-electron chi connectivity index (χ2n) is 6.03. The Kier molecular flexibility index (Phi) is 4.65. The van der Waals surface area contributed by atoms with E-state index in [0.29, 0.717) is 19.2 Å². The van der Waals surface area contributed by atoms with Gasteiger partial charge in [-0.1, -0.05) is 0 Å². The van der Waals surface area contributed by atoms with Gasteiger partial charge in [-0.2, -0.15) is 4.99 Å². The lowest BCUT2D eigenvalue weighted by atomic mass is 10.2. The minimum Gasteiger partial charge on any atom is -0.474 e. The van der Waals surface area contributed by atoms with Gasteiger partial charge in [0.1, 0.15) is 12.3 Å². The summed E-state index contributed by atoms with van der Waals surface area (Å²) in [6.07, 6.45) is 4.27. The Morgan fingerprint density at radius 2 is 2.14 bits per heavy atom. The number of aliphatic imine (C=N–C) groups is 1. The standard InChI is InChI=1S/C15H25N4O2/c1-12(2)18-4-6-19(7-5-18)14-9-16-10-15(17-14)21-13-3-8-20-11-13/h12-13,16H,3-8,10-11H2,1-2H3. The van der Waals surface area contributed by atoms with Gasteiger partial charge in [0.05, 0.1) is 19.8 Å². The van der Waals surface area contributed by atoms with E-state index in [4.69, 9.17) is 9.47 Å². The van der Waals surface area contributed by atoms with Crippen LogP contribution < -0.4 is 5.32 Å². The highest BCUT2D eigenvalue weighted by atomic mass is 16.5. The molecular weight excluding hydrogens is 268 g/mol. The first-order valence-corrected chi connectivity index (χ1v) is 7.89. The molecule has 0 bridgehead atoms. The van der Waals surface area contributed by atoms with Crippen LogP contribution in [0.5, 0.6) is 0 Å². The minimum absolute atomic E-state index is 0.155. The molecule has 6 heteroatoms. The Balaban J connectivity index is 1.55. The highest BCUT2D eigenvalue weighted by Crippen LogP contribution is 2.15. The van der Waals surface area contributed by atoms with Gasteiger partial charge in [-0.05, 0) is 13.8 Å². The summed E-state index contributed by atoms with van der Waals surface area (Å²) >= 11 is 0. The number of nitrogens with zero attached hydrogens (tertiary/aromatic N) is 3. The third-order valence-electron chi connectivity index (χ3n) is 4.21. The third-order valence-corrected chi connectivity index (χ3v) is 4.21. The zero-order valence-electron chi connectivity index (χ0n) is 13.0. The van der Waals surface area contributed by atoms with E-state index in [1.54, 1.807) is 0 Å². The molecule has 1 unspecified atom stereocenters. The molecule has 3 aliphatic heterocycles. The first-order chi connectivity index (χ1) is 10.2. The Morgan fingerprint density at radius 3 is 2.81 bits per heavy atom. The molecule has 3 aliphatic rings. The zero-order chi connectivity index (χ0) is 14.7. The van der Waals surface area contributed by atoms with E-state index in [1.807, 2.05) is 0 Å². The van der Waals surface area contributed by atoms with Gasteiger partial charge in [0.15, 0.2) is 5.82 Å². The van der Waals surface area contributed by atoms with Gasteiger partial charge in [-0.3, -0.25) is 4.90 Å². The van der Waals surface area contributed by atoms with Crippen LogP contribution in [-0.4, -0.2) is 73.8 Å². The van der Waals surface area contributed by atoms with Crippen LogP contribution in [0.1, 0.15) is 20.3 Å². The summed E-state index contributed by atoms with van der Waals surface area (Å²) in [6, 6.07) is 0.611. The van der Waals surface area contributed by atoms with Crippen molar-refractivity contribution in [3.63, 3.8) is 0 Å². The van der Waals surface area contributed by atoms with Crippen molar-refractivity contribution in [1.29, 1.82) is 0 Å². The predicted molar refractivity (Wildman–Crippen MR) is 80.8 cm³/mol. The van der Waals surface area contributed by atoms with Crippen molar-refractivity contribution in [2.24, 2.45) is 4.99 Å². The number of ether oxygens (including phenoxy) is 2. The van der Waals surface area contributed by atoms with Crippen molar-refractivity contribution < 1.29 is 9.47 Å². The number of rotatable bonds is 3. The molecule has 2 fully saturated rings. The number of piperazine rings is 1. The molecule has 0 aromatic rings. The van der Waals surface area contributed by atoms with E-state index < -0.39 is 0 Å². The normalized spacial score (nSPS) is 27.4. The molecule has 0 aliphatic carbocycles. The van der Waals surface area contributed by atoms with E-state index in [9.17, 15) is 0 Å². The van der Waals surface area contributed by atoms with E-state index in [0.717, 1.165) is 50.9 Å². The molecule has 0 spiro atoms. The van der Waals surface area contributed by atoms with Crippen LogP contribution in [0.15, 0.2) is 10.8 Å². The van der Waals surface area contributed by atoms with Crippen LogP contribution in [0, 0.1) is 6.20 Å². The summed E-state index contributed by atoms with van der Waals surface area (Å²) in [5.41, 5.74) is 0. The molecule has 117 valence electrons. The van der Waals surface area contributed by atoms with E-state index in [-0.39, 0.29) is 6.10 Å². The smallest absolute Gasteiger partial charge is 0.210 e. The Bertz CT molecular complexity index is 408. The molecule has 0 aromatic carbocycles. The van der Waals surface area contributed by atoms with Crippen LogP contribution in [0.2, 0.25) is 0 Å². The summed E-state index contributed by atoms with van der Waals surface area (Å²) in [7, 11) is 0. The fraction of sp³-hybridized carbons (Fsp3) is 0.800. The molecular formula is C15H25N4O2. The van der Waals surface area contributed by atoms with Gasteiger partial charge in [0.2, 0.25) is 5.90 Å². The van der Waals surface area contributed by atoms with Crippen LogP contribution in [0.4, 0.5) is 0 Å². The van der Waals surface area contributed by atoms with Gasteiger partial charge >= 0.3 is 0 Å². The summed E-state index contributed by atoms with van der Waals surface area (Å²) in [5.74, 6) is 1.63. The molecule has 21 heavy (non-hydrogen) atoms. The number of hydrogen-bond donors (Lipinski definition) is 1. The summed E-state index contributed by atoms with van der Waals surface area (Å²) in [5, 5.41) is 3.15. The van der Waals surface area contributed by atoms with Crippen LogP contribution in [0.3, 0.4) is 0 Å². The van der Waals surface area contributed by atoms with Crippen LogP contribution in [0.25, 0.3) is 0 Å². The van der Waals surface area contributed by atoms with E-state index in [2.05, 4.69) is 40.2 Å². The molecule has 3 rings (SSSR count). The summed E-state index contributed by atoms with van der Waals surface area (Å²) in [6.45, 7) is 10.7. The maximum absolute atomic E-state index is 5.90. The van der Waals surface area contributed by atoms with Crippen molar-refractivity contribution in [3.8, 4) is 0 Å². The first-order valence-electron chi connectivity index (χ1n) is 7.89. The Labute approximate surface area is 126 Å². The van der Waals surface area contributed by atoms with Crippen molar-refractivity contribution in [1.82, 2.24) is 15.1 Å². The number of nitrogens with one attached hydrogen (secondary N) is 1. The van der Waals surface area contributed by atoms with Crippen molar-refractivity contribution in [3.05, 3.63) is 12.0 Å². The fourth-order valence-corrected chi connectivity index (χ4v) is 2.85. The van der Waals surface area contributed by atoms with Gasteiger partial charge < -0.3 is 19.7 Å². The zero-order valence-corrected chi connectivity index (χ0v) is 13.0. The Morgan fingerprint density at radius 1 is 1.33 bits per heavy atom. The molecule has 0 aromatic heterocycles. The average Bonchev–Trinajstić information content (AvgIpc) is 3.00. The molecule has 1 atom stereocenters. The predicted octanol–water partition coefficient (Wildman–Crippen LogP) is 0.422. The van der Waals surface area contributed by atoms with Crippen LogP contribution in [-0.2, 0) is 9.47 Å². The third kappa shape index (κ3) is 3.68. The molecule has 1 radical (unpaired) electrons. The van der Waals surface area contributed by atoms with Gasteiger partial charge in [0, 0.05) is 38.6 Å². The Hall–Kier alpha value is -1.27. The molecule has 1 N–H and O–H groups in total. The molecule has 2 saturated heterocycles. The maximum atomic E-state index is 5.90. The second-order valence-corrected chi connectivity index (χ2v) is 6.03. The first kappa shape index (κ1) is 14.7. The lowest BCUT2D eigenvalue weighted by Crippen LogP contribution is -2.49. The molecule has 3 heterocycles. The summed E-state index contributed by atoms with van der Waals surface area (Å²) in [4.78, 5) is 9.40. The monoisotopic (exact) mass is 293 g/mol. The highest BCUT2D eigenvalue weighted by molar-refractivity contribution is 5.80. The number of hydrogen-bond acceptors (Lipinski definition) is 6. The molecule has 0 amide bonds. The summed E-state index contributed by atoms with van der Waals surface area (Å²) < 4.78 is 11.2. The van der Waals surface area contributed by atoms with Gasteiger partial charge in [0.25, 0.3) is 0 Å². The lowest BCUT2D eigenvalue weighted by molar-refractivity contribution is 0.123.